The van der Waals surface area contributed by atoms with Gasteiger partial charge >= 0.3 is 0 Å². The first kappa shape index (κ1) is 20.1. The lowest BCUT2D eigenvalue weighted by molar-refractivity contribution is -0.212. The molecule has 0 radical (unpaired) electrons. The topological polar surface area (TPSA) is 71.1 Å². The maximum atomic E-state index is 12.9. The van der Waals surface area contributed by atoms with E-state index in [1.54, 1.807) is 37.7 Å². The number of benzene rings is 1. The van der Waals surface area contributed by atoms with Crippen molar-refractivity contribution in [3.8, 4) is 0 Å². The summed E-state index contributed by atoms with van der Waals surface area (Å²) < 4.78 is 50.0. The quantitative estimate of drug-likeness (QED) is 0.510. The Morgan fingerprint density at radius 2 is 1.89 bits per heavy atom. The van der Waals surface area contributed by atoms with Crippen LogP contribution in [-0.2, 0) is 28.5 Å². The van der Waals surface area contributed by atoms with Crippen LogP contribution >= 0.6 is 35.7 Å². The van der Waals surface area contributed by atoms with Crippen molar-refractivity contribution < 1.29 is 26.8 Å². The molecule has 4 rings (SSSR count). The summed E-state index contributed by atoms with van der Waals surface area (Å²) in [5.74, 6) is -0.121. The molecule has 3 aliphatic heterocycles. The van der Waals surface area contributed by atoms with Gasteiger partial charge in [0.25, 0.3) is 10.1 Å². The van der Waals surface area contributed by atoms with Crippen LogP contribution in [0.15, 0.2) is 29.2 Å². The van der Waals surface area contributed by atoms with Gasteiger partial charge in [-0.15, -0.1) is 23.5 Å². The second-order valence-electron chi connectivity index (χ2n) is 7.11. The van der Waals surface area contributed by atoms with Crippen molar-refractivity contribution >= 4 is 49.4 Å². The number of fused-ring (bicyclic) bond motifs is 1. The van der Waals surface area contributed by atoms with E-state index in [9.17, 15) is 8.42 Å². The third-order valence-electron chi connectivity index (χ3n) is 4.55. The van der Waals surface area contributed by atoms with Crippen molar-refractivity contribution in [3.05, 3.63) is 29.8 Å². The van der Waals surface area contributed by atoms with Gasteiger partial charge in [-0.1, -0.05) is 29.9 Å². The number of aryl methyl sites for hydroxylation is 1. The smallest absolute Gasteiger partial charge is 0.297 e. The first-order valence-electron chi connectivity index (χ1n) is 8.49. The number of hydrogen-bond acceptors (Lipinski definition) is 9. The fourth-order valence-corrected chi connectivity index (χ4v) is 7.40. The average molecular weight is 449 g/mol. The zero-order valence-corrected chi connectivity index (χ0v) is 18.3. The highest BCUT2D eigenvalue weighted by atomic mass is 32.2. The first-order chi connectivity index (χ1) is 12.6. The molecule has 0 spiro atoms. The van der Waals surface area contributed by atoms with Crippen LogP contribution in [0.5, 0.6) is 0 Å². The molecule has 3 saturated heterocycles. The molecular weight excluding hydrogens is 428 g/mol. The Balaban J connectivity index is 1.61. The Morgan fingerprint density at radius 1 is 1.19 bits per heavy atom. The highest BCUT2D eigenvalue weighted by molar-refractivity contribution is 8.49. The Morgan fingerprint density at radius 3 is 2.52 bits per heavy atom. The highest BCUT2D eigenvalue weighted by Crippen LogP contribution is 2.46. The van der Waals surface area contributed by atoms with E-state index in [-0.39, 0.29) is 10.1 Å². The third-order valence-corrected chi connectivity index (χ3v) is 9.07. The van der Waals surface area contributed by atoms with Crippen LogP contribution in [0, 0.1) is 6.92 Å². The van der Waals surface area contributed by atoms with Gasteiger partial charge in [0.05, 0.1) is 4.90 Å². The van der Waals surface area contributed by atoms with Gasteiger partial charge in [0.15, 0.2) is 12.1 Å². The molecule has 1 aromatic rings. The molecule has 1 aromatic carbocycles. The van der Waals surface area contributed by atoms with E-state index in [0.29, 0.717) is 0 Å². The van der Waals surface area contributed by atoms with Crippen molar-refractivity contribution in [2.45, 2.75) is 61.3 Å². The average Bonchev–Trinajstić information content (AvgIpc) is 3.21. The lowest BCUT2D eigenvalue weighted by Crippen LogP contribution is -2.43. The molecule has 6 nitrogen and oxygen atoms in total. The van der Waals surface area contributed by atoms with E-state index in [1.165, 1.54) is 23.9 Å². The summed E-state index contributed by atoms with van der Waals surface area (Å²) in [4.78, 5) is 0.109. The number of ether oxygens (including phenoxy) is 3. The summed E-state index contributed by atoms with van der Waals surface area (Å²) in [7, 11) is -3.98. The SMILES string of the molecule is Cc1ccc(S(=O)(=O)O[C@H]2[C@H]([C@@H]3CSC(=S)S3)O[C@H]3OC(C)(C)O[C@@H]32)cc1. The second-order valence-corrected chi connectivity index (χ2v) is 12.1. The van der Waals surface area contributed by atoms with Crippen LogP contribution in [-0.4, -0.2) is 53.3 Å². The summed E-state index contributed by atoms with van der Waals surface area (Å²) >= 11 is 8.33. The van der Waals surface area contributed by atoms with Gasteiger partial charge in [0, 0.05) is 11.0 Å². The normalized spacial score (nSPS) is 35.5. The lowest BCUT2D eigenvalue weighted by Gasteiger charge is -2.27. The molecule has 3 aliphatic rings. The molecule has 0 bridgehead atoms. The summed E-state index contributed by atoms with van der Waals surface area (Å²) in [5, 5.41) is -0.0124. The lowest BCUT2D eigenvalue weighted by atomic mass is 10.1. The zero-order valence-electron chi connectivity index (χ0n) is 15.0. The Bertz CT molecular complexity index is 837. The fourth-order valence-electron chi connectivity index (χ4n) is 3.32. The van der Waals surface area contributed by atoms with Crippen LogP contribution in [0.1, 0.15) is 19.4 Å². The van der Waals surface area contributed by atoms with Crippen molar-refractivity contribution in [2.75, 3.05) is 5.75 Å². The van der Waals surface area contributed by atoms with Crippen molar-refractivity contribution in [1.29, 1.82) is 0 Å². The van der Waals surface area contributed by atoms with E-state index in [1.807, 2.05) is 6.92 Å². The monoisotopic (exact) mass is 448 g/mol. The molecule has 0 aliphatic carbocycles. The molecule has 148 valence electrons. The van der Waals surface area contributed by atoms with Crippen molar-refractivity contribution in [1.82, 2.24) is 0 Å². The molecule has 0 aromatic heterocycles. The number of rotatable bonds is 4. The number of thioether (sulfide) groups is 2. The van der Waals surface area contributed by atoms with E-state index in [4.69, 9.17) is 30.6 Å². The minimum atomic E-state index is -3.98. The molecule has 3 fully saturated rings. The highest BCUT2D eigenvalue weighted by Gasteiger charge is 2.59. The van der Waals surface area contributed by atoms with Gasteiger partial charge in [0.1, 0.15) is 21.8 Å². The molecule has 0 unspecified atom stereocenters. The van der Waals surface area contributed by atoms with Crippen LogP contribution in [0.2, 0.25) is 0 Å². The van der Waals surface area contributed by atoms with Crippen LogP contribution in [0.4, 0.5) is 0 Å². The van der Waals surface area contributed by atoms with E-state index < -0.39 is 40.5 Å². The predicted molar refractivity (Wildman–Crippen MR) is 108 cm³/mol. The summed E-state index contributed by atoms with van der Waals surface area (Å²) in [6.45, 7) is 5.43. The Hall–Kier alpha value is -0.200. The molecule has 5 atom stereocenters. The summed E-state index contributed by atoms with van der Waals surface area (Å²) in [5.41, 5.74) is 0.971. The van der Waals surface area contributed by atoms with Gasteiger partial charge < -0.3 is 14.2 Å². The second kappa shape index (κ2) is 7.24. The van der Waals surface area contributed by atoms with Crippen LogP contribution in [0.3, 0.4) is 0 Å². The maximum absolute atomic E-state index is 12.9. The number of thiocarbonyl (C=S) groups is 1. The van der Waals surface area contributed by atoms with Crippen LogP contribution < -0.4 is 0 Å². The van der Waals surface area contributed by atoms with Gasteiger partial charge in [-0.2, -0.15) is 8.42 Å². The minimum absolute atomic E-state index is 0.0124. The van der Waals surface area contributed by atoms with E-state index in [0.717, 1.165) is 14.8 Å². The first-order valence-corrected chi connectivity index (χ1v) is 12.2. The Labute approximate surface area is 172 Å². The van der Waals surface area contributed by atoms with E-state index in [2.05, 4.69) is 0 Å². The minimum Gasteiger partial charge on any atom is -0.342 e. The van der Waals surface area contributed by atoms with Gasteiger partial charge in [-0.05, 0) is 32.9 Å². The third kappa shape index (κ3) is 4.09. The van der Waals surface area contributed by atoms with Crippen LogP contribution in [0.25, 0.3) is 0 Å². The molecule has 3 heterocycles. The van der Waals surface area contributed by atoms with Gasteiger partial charge in [-0.25, -0.2) is 0 Å². The molecule has 0 N–H and O–H groups in total. The van der Waals surface area contributed by atoms with Gasteiger partial charge in [-0.3, -0.25) is 4.18 Å². The molecule has 10 heteroatoms. The maximum Gasteiger partial charge on any atom is 0.297 e. The van der Waals surface area contributed by atoms with Crippen molar-refractivity contribution in [2.24, 2.45) is 0 Å². The number of hydrogen-bond donors (Lipinski definition) is 0. The summed E-state index contributed by atoms with van der Waals surface area (Å²) in [6, 6.07) is 6.56. The predicted octanol–water partition coefficient (Wildman–Crippen LogP) is 3.08. The fraction of sp³-hybridized carbons (Fsp3) is 0.588. The molecule has 27 heavy (non-hydrogen) atoms. The van der Waals surface area contributed by atoms with E-state index >= 15 is 0 Å². The van der Waals surface area contributed by atoms with Gasteiger partial charge in [0.2, 0.25) is 0 Å². The van der Waals surface area contributed by atoms with Crippen molar-refractivity contribution in [3.63, 3.8) is 0 Å². The molecule has 0 saturated carbocycles. The standard InChI is InChI=1S/C17H20O6S4/c1-9-4-6-10(7-5-9)27(18,19)23-13-12(11-8-25-16(24)26-11)20-15-14(13)21-17(2,3)22-15/h4-7,11-15H,8H2,1-3H3/t11-,12-,13-,14+,15-/m0/s1. The summed E-state index contributed by atoms with van der Waals surface area (Å²) in [6.07, 6.45) is -2.58. The molecular formula is C17H20O6S4. The zero-order chi connectivity index (χ0) is 19.4. The molecule has 0 amide bonds. The largest absolute Gasteiger partial charge is 0.342 e. The Kier molecular flexibility index (Phi) is 5.39.